The van der Waals surface area contributed by atoms with Crippen molar-refractivity contribution in [3.8, 4) is 0 Å². The van der Waals surface area contributed by atoms with Crippen LogP contribution in [-0.2, 0) is 32.1 Å². The third-order valence-electron chi connectivity index (χ3n) is 16.4. The first-order chi connectivity index (χ1) is 43.6. The first-order valence-electron chi connectivity index (χ1n) is 32.8. The van der Waals surface area contributed by atoms with Gasteiger partial charge in [0.1, 0.15) is 0 Å². The Kier molecular flexibility index (Phi) is 24.5. The van der Waals surface area contributed by atoms with E-state index in [0.29, 0.717) is 23.7 Å². The van der Waals surface area contributed by atoms with Crippen LogP contribution >= 0.6 is 15.9 Å². The highest BCUT2D eigenvalue weighted by atomic mass is 79.9. The van der Waals surface area contributed by atoms with Gasteiger partial charge in [0.05, 0.1) is 0 Å². The summed E-state index contributed by atoms with van der Waals surface area (Å²) >= 11 is 3.36. The highest BCUT2D eigenvalue weighted by Gasteiger charge is 2.23. The number of halogens is 1. The standard InChI is InChI=1S/C43H48N2.C36H43N.C8H7Br/c1-9-35-13-10-16-39(27-35)45(41-18-12-15-37(29-41)24-31(4)5)43-26-33(7)42(25-34(43)8)44(38-21-19-32(6)20-22-38)40-17-11-14-36(28-40)23-30(2)3;1-25(2)18-30-10-8-11-32(22-30)23-33-20-29(7)36(21-28(33)6)37(34-16-14-27(5)15-17-34)35-13-9-12-31(24-35)19-26(3)4;1-2-7-4-3-5-8(9)6-7/h9-22,25-31H,1,23-24H2,2-8H3;8-17,20-22,24-26H,18-19,23H2,1-7H3;2-6H,1H2. The molecule has 0 aliphatic carbocycles. The second kappa shape index (κ2) is 32.5. The summed E-state index contributed by atoms with van der Waals surface area (Å²) in [5.41, 5.74) is 28.9. The van der Waals surface area contributed by atoms with E-state index in [2.05, 4.69) is 335 Å². The fraction of sp³-hybridized carbons (Fsp3) is 0.264. The number of hydrogen-bond donors (Lipinski definition) is 0. The van der Waals surface area contributed by atoms with Crippen molar-refractivity contribution in [3.05, 3.63) is 314 Å². The highest BCUT2D eigenvalue weighted by molar-refractivity contribution is 9.10. The van der Waals surface area contributed by atoms with Crippen molar-refractivity contribution >= 4 is 79.3 Å². The largest absolute Gasteiger partial charge is 0.310 e. The molecule has 10 aromatic carbocycles. The molecule has 0 saturated heterocycles. The molecule has 0 aliphatic heterocycles. The van der Waals surface area contributed by atoms with Crippen LogP contribution in [0.4, 0.5) is 51.2 Å². The minimum absolute atomic E-state index is 0.591. The normalized spacial score (nSPS) is 11.1. The van der Waals surface area contributed by atoms with Crippen LogP contribution in [0.15, 0.2) is 236 Å². The molecule has 0 amide bonds. The van der Waals surface area contributed by atoms with Gasteiger partial charge in [-0.2, -0.15) is 0 Å². The van der Waals surface area contributed by atoms with Gasteiger partial charge < -0.3 is 14.7 Å². The molecule has 0 radical (unpaired) electrons. The lowest BCUT2D eigenvalue weighted by molar-refractivity contribution is 0.647. The van der Waals surface area contributed by atoms with Gasteiger partial charge in [0, 0.05) is 55.7 Å². The predicted molar refractivity (Wildman–Crippen MR) is 403 cm³/mol. The lowest BCUT2D eigenvalue weighted by Gasteiger charge is -2.32. The van der Waals surface area contributed by atoms with Crippen molar-refractivity contribution in [1.29, 1.82) is 0 Å². The fourth-order valence-corrected chi connectivity index (χ4v) is 12.5. The summed E-state index contributed by atoms with van der Waals surface area (Å²) in [6.45, 7) is 39.3. The van der Waals surface area contributed by atoms with Crippen LogP contribution in [0.1, 0.15) is 133 Å². The molecule has 10 aromatic rings. The molecule has 0 unspecified atom stereocenters. The summed E-state index contributed by atoms with van der Waals surface area (Å²) in [5.74, 6) is 2.49. The number of benzene rings is 10. The van der Waals surface area contributed by atoms with E-state index >= 15 is 0 Å². The van der Waals surface area contributed by atoms with Gasteiger partial charge in [-0.05, 0) is 267 Å². The van der Waals surface area contributed by atoms with Crippen LogP contribution in [0.3, 0.4) is 0 Å². The van der Waals surface area contributed by atoms with Crippen LogP contribution < -0.4 is 14.7 Å². The van der Waals surface area contributed by atoms with Crippen LogP contribution in [-0.4, -0.2) is 0 Å². The van der Waals surface area contributed by atoms with E-state index in [1.807, 2.05) is 36.4 Å². The van der Waals surface area contributed by atoms with E-state index in [1.165, 1.54) is 107 Å². The maximum atomic E-state index is 4.05. The first-order valence-corrected chi connectivity index (χ1v) is 33.6. The third kappa shape index (κ3) is 19.3. The van der Waals surface area contributed by atoms with E-state index in [1.54, 1.807) is 0 Å². The Morgan fingerprint density at radius 3 is 1.02 bits per heavy atom. The fourth-order valence-electron chi connectivity index (χ4n) is 12.1. The molecule has 0 spiro atoms. The molecule has 0 aliphatic rings. The average molecular weight is 1270 g/mol. The van der Waals surface area contributed by atoms with Crippen molar-refractivity contribution in [2.75, 3.05) is 14.7 Å². The number of hydrogen-bond acceptors (Lipinski definition) is 3. The van der Waals surface area contributed by atoms with E-state index in [4.69, 9.17) is 0 Å². The molecular weight excluding hydrogens is 1170 g/mol. The van der Waals surface area contributed by atoms with Gasteiger partial charge in [-0.25, -0.2) is 0 Å². The zero-order chi connectivity index (χ0) is 65.3. The van der Waals surface area contributed by atoms with Gasteiger partial charge in [0.25, 0.3) is 0 Å². The summed E-state index contributed by atoms with van der Waals surface area (Å²) in [7, 11) is 0. The van der Waals surface area contributed by atoms with Crippen molar-refractivity contribution in [1.82, 2.24) is 0 Å². The smallest absolute Gasteiger partial charge is 0.0494 e. The first kappa shape index (κ1) is 68.5. The summed E-state index contributed by atoms with van der Waals surface area (Å²) < 4.78 is 1.10. The third-order valence-corrected chi connectivity index (χ3v) is 16.9. The van der Waals surface area contributed by atoms with Crippen molar-refractivity contribution in [3.63, 3.8) is 0 Å². The van der Waals surface area contributed by atoms with Gasteiger partial charge in [-0.3, -0.25) is 0 Å². The van der Waals surface area contributed by atoms with Crippen molar-refractivity contribution in [2.45, 2.75) is 129 Å². The maximum absolute atomic E-state index is 4.05. The van der Waals surface area contributed by atoms with Gasteiger partial charge in [0.15, 0.2) is 0 Å². The van der Waals surface area contributed by atoms with E-state index < -0.39 is 0 Å². The van der Waals surface area contributed by atoms with Crippen LogP contribution in [0.25, 0.3) is 12.2 Å². The van der Waals surface area contributed by atoms with Crippen LogP contribution in [0.2, 0.25) is 0 Å². The van der Waals surface area contributed by atoms with E-state index in [0.717, 1.165) is 59.1 Å². The monoisotopic (exact) mass is 1260 g/mol. The number of anilines is 9. The molecule has 0 aromatic heterocycles. The van der Waals surface area contributed by atoms with Crippen molar-refractivity contribution in [2.24, 2.45) is 23.7 Å². The quantitative estimate of drug-likeness (QED) is 0.0710. The molecule has 0 bridgehead atoms. The molecule has 0 N–H and O–H groups in total. The Balaban J connectivity index is 0.000000209. The molecule has 91 heavy (non-hydrogen) atoms. The molecule has 0 saturated carbocycles. The average Bonchev–Trinajstić information content (AvgIpc) is 0.798. The zero-order valence-electron chi connectivity index (χ0n) is 56.9. The molecule has 0 fully saturated rings. The number of nitrogens with zero attached hydrogens (tertiary/aromatic N) is 3. The maximum Gasteiger partial charge on any atom is 0.0494 e. The van der Waals surface area contributed by atoms with Crippen LogP contribution in [0.5, 0.6) is 0 Å². The van der Waals surface area contributed by atoms with Gasteiger partial charge >= 0.3 is 0 Å². The van der Waals surface area contributed by atoms with E-state index in [9.17, 15) is 0 Å². The summed E-state index contributed by atoms with van der Waals surface area (Å²) in [6.07, 6.45) is 9.03. The Morgan fingerprint density at radius 2 is 0.637 bits per heavy atom. The van der Waals surface area contributed by atoms with Gasteiger partial charge in [0.2, 0.25) is 0 Å². The lowest BCUT2D eigenvalue weighted by atomic mass is 9.94. The summed E-state index contributed by atoms with van der Waals surface area (Å²) in [6, 6.07) is 80.2. The minimum Gasteiger partial charge on any atom is -0.310 e. The summed E-state index contributed by atoms with van der Waals surface area (Å²) in [5, 5.41) is 0. The van der Waals surface area contributed by atoms with Gasteiger partial charge in [-0.15, -0.1) is 0 Å². The second-order valence-corrected chi connectivity index (χ2v) is 27.5. The molecule has 468 valence electrons. The highest BCUT2D eigenvalue weighted by Crippen LogP contribution is 2.44. The Hall–Kier alpha value is -8.44. The molecule has 4 heteroatoms. The second-order valence-electron chi connectivity index (χ2n) is 26.6. The Labute approximate surface area is 557 Å². The molecular formula is C87H98BrN3. The molecule has 10 rings (SSSR count). The minimum atomic E-state index is 0.591. The summed E-state index contributed by atoms with van der Waals surface area (Å²) in [4.78, 5) is 7.25. The Morgan fingerprint density at radius 1 is 0.319 bits per heavy atom. The SMILES string of the molecule is C=Cc1cccc(Br)c1.C=Cc1cccc(N(c2cccc(CC(C)C)c2)c2cc(C)c(N(c3ccc(C)cc3)c3cccc(CC(C)C)c3)cc2C)c1.Cc1ccc(N(c2cccc(CC(C)C)c2)c2cc(C)c(Cc3cccc(CC(C)C)c3)cc2C)cc1. The zero-order valence-corrected chi connectivity index (χ0v) is 58.5. The Bertz CT molecular complexity index is 4010. The topological polar surface area (TPSA) is 9.72 Å². The molecule has 0 heterocycles. The molecule has 0 atom stereocenters. The lowest BCUT2D eigenvalue weighted by Crippen LogP contribution is -2.15. The number of aryl methyl sites for hydroxylation is 6. The van der Waals surface area contributed by atoms with Crippen LogP contribution in [0, 0.1) is 65.2 Å². The van der Waals surface area contributed by atoms with Gasteiger partial charge in [-0.1, -0.05) is 223 Å². The van der Waals surface area contributed by atoms with Crippen molar-refractivity contribution < 1.29 is 0 Å². The number of rotatable bonds is 21. The van der Waals surface area contributed by atoms with E-state index in [-0.39, 0.29) is 0 Å². The molecule has 3 nitrogen and oxygen atoms in total. The predicted octanol–water partition coefficient (Wildman–Crippen LogP) is 25.8.